The van der Waals surface area contributed by atoms with Gasteiger partial charge in [-0.25, -0.2) is 8.78 Å². The molecule has 104 valence electrons. The highest BCUT2D eigenvalue weighted by molar-refractivity contribution is 5.55. The number of rotatable bonds is 4. The second-order valence-corrected chi connectivity index (χ2v) is 5.22. The summed E-state index contributed by atoms with van der Waals surface area (Å²) < 4.78 is 27.4. The summed E-state index contributed by atoms with van der Waals surface area (Å²) in [5.74, 6) is -0.506. The predicted molar refractivity (Wildman–Crippen MR) is 74.8 cm³/mol. The van der Waals surface area contributed by atoms with Crippen LogP contribution in [0.15, 0.2) is 23.8 Å². The Labute approximate surface area is 113 Å². The van der Waals surface area contributed by atoms with Crippen LogP contribution in [0, 0.1) is 17.6 Å². The number of halogens is 2. The first-order chi connectivity index (χ1) is 9.22. The van der Waals surface area contributed by atoms with E-state index in [2.05, 4.69) is 5.32 Å². The van der Waals surface area contributed by atoms with Crippen molar-refractivity contribution in [1.82, 2.24) is 5.32 Å². The maximum absolute atomic E-state index is 13.7. The van der Waals surface area contributed by atoms with E-state index in [1.807, 2.05) is 7.05 Å². The summed E-state index contributed by atoms with van der Waals surface area (Å²) in [6.07, 6.45) is 7.67. The highest BCUT2D eigenvalue weighted by Gasteiger charge is 2.18. The van der Waals surface area contributed by atoms with E-state index >= 15 is 0 Å². The van der Waals surface area contributed by atoms with Crippen molar-refractivity contribution >= 4 is 6.08 Å². The number of benzene rings is 1. The van der Waals surface area contributed by atoms with E-state index in [1.165, 1.54) is 37.5 Å². The second-order valence-electron chi connectivity index (χ2n) is 5.22. The molecule has 1 aromatic rings. The fourth-order valence-corrected chi connectivity index (χ4v) is 2.82. The first-order valence-corrected chi connectivity index (χ1v) is 7.01. The average molecular weight is 265 g/mol. The lowest BCUT2D eigenvalue weighted by atomic mass is 9.83. The minimum absolute atomic E-state index is 0.0957. The topological polar surface area (TPSA) is 12.0 Å². The highest BCUT2D eigenvalue weighted by atomic mass is 19.1. The number of hydrogen-bond acceptors (Lipinski definition) is 1. The molecule has 0 bridgehead atoms. The zero-order valence-corrected chi connectivity index (χ0v) is 11.4. The maximum atomic E-state index is 13.7. The summed E-state index contributed by atoms with van der Waals surface area (Å²) in [4.78, 5) is 0. The van der Waals surface area contributed by atoms with Crippen LogP contribution in [0.4, 0.5) is 8.78 Å². The van der Waals surface area contributed by atoms with Gasteiger partial charge in [0.25, 0.3) is 0 Å². The summed E-state index contributed by atoms with van der Waals surface area (Å²) >= 11 is 0. The van der Waals surface area contributed by atoms with Gasteiger partial charge in [-0.3, -0.25) is 0 Å². The van der Waals surface area contributed by atoms with Crippen molar-refractivity contribution in [2.75, 3.05) is 13.6 Å². The van der Waals surface area contributed by atoms with Gasteiger partial charge in [0.05, 0.1) is 0 Å². The fourth-order valence-electron chi connectivity index (χ4n) is 2.82. The Bertz CT molecular complexity index is 428. The van der Waals surface area contributed by atoms with Crippen LogP contribution in [0.2, 0.25) is 0 Å². The Morgan fingerprint density at radius 1 is 1.21 bits per heavy atom. The van der Waals surface area contributed by atoms with Gasteiger partial charge in [-0.2, -0.15) is 0 Å². The Kier molecular flexibility index (Phi) is 5.08. The van der Waals surface area contributed by atoms with Crippen molar-refractivity contribution in [3.8, 4) is 0 Å². The number of hydrogen-bond donors (Lipinski definition) is 1. The van der Waals surface area contributed by atoms with Crippen LogP contribution in [0.25, 0.3) is 6.08 Å². The van der Waals surface area contributed by atoms with Crippen LogP contribution in [0.3, 0.4) is 0 Å². The van der Waals surface area contributed by atoms with Crippen molar-refractivity contribution in [2.24, 2.45) is 5.92 Å². The molecule has 0 atom stereocenters. The molecule has 0 amide bonds. The first kappa shape index (κ1) is 14.2. The molecule has 2 rings (SSSR count). The SMILES string of the molecule is CNCC(=Cc1c(F)cccc1F)C1CCCCC1. The van der Waals surface area contributed by atoms with E-state index in [0.717, 1.165) is 18.4 Å². The lowest BCUT2D eigenvalue weighted by Gasteiger charge is -2.24. The Morgan fingerprint density at radius 2 is 1.84 bits per heavy atom. The molecule has 19 heavy (non-hydrogen) atoms. The molecule has 1 fully saturated rings. The molecule has 0 aliphatic heterocycles. The molecule has 1 nitrogen and oxygen atoms in total. The molecule has 1 aliphatic carbocycles. The van der Waals surface area contributed by atoms with Gasteiger partial charge in [-0.15, -0.1) is 0 Å². The van der Waals surface area contributed by atoms with E-state index in [0.29, 0.717) is 12.5 Å². The van der Waals surface area contributed by atoms with Gasteiger partial charge < -0.3 is 5.32 Å². The summed E-state index contributed by atoms with van der Waals surface area (Å²) in [7, 11) is 1.87. The van der Waals surface area contributed by atoms with Crippen molar-refractivity contribution in [1.29, 1.82) is 0 Å². The fraction of sp³-hybridized carbons (Fsp3) is 0.500. The van der Waals surface area contributed by atoms with Gasteiger partial charge in [0.1, 0.15) is 11.6 Å². The Hall–Kier alpha value is -1.22. The first-order valence-electron chi connectivity index (χ1n) is 7.01. The molecule has 3 heteroatoms. The molecule has 0 radical (unpaired) electrons. The van der Waals surface area contributed by atoms with Crippen molar-refractivity contribution in [3.05, 3.63) is 41.0 Å². The third-order valence-electron chi connectivity index (χ3n) is 3.84. The zero-order valence-electron chi connectivity index (χ0n) is 11.4. The summed E-state index contributed by atoms with van der Waals surface area (Å²) in [6, 6.07) is 4.03. The smallest absolute Gasteiger partial charge is 0.133 e. The van der Waals surface area contributed by atoms with E-state index in [-0.39, 0.29) is 5.56 Å². The molecule has 0 spiro atoms. The van der Waals surface area contributed by atoms with Crippen molar-refractivity contribution in [3.63, 3.8) is 0 Å². The van der Waals surface area contributed by atoms with Crippen LogP contribution >= 0.6 is 0 Å². The molecule has 0 heterocycles. The van der Waals surface area contributed by atoms with Gasteiger partial charge in [0, 0.05) is 12.1 Å². The summed E-state index contributed by atoms with van der Waals surface area (Å²) in [5.41, 5.74) is 1.21. The van der Waals surface area contributed by atoms with E-state index in [9.17, 15) is 8.78 Å². The Balaban J connectivity index is 2.29. The lowest BCUT2D eigenvalue weighted by molar-refractivity contribution is 0.398. The van der Waals surface area contributed by atoms with Crippen molar-refractivity contribution in [2.45, 2.75) is 32.1 Å². The van der Waals surface area contributed by atoms with Crippen LogP contribution in [-0.4, -0.2) is 13.6 Å². The number of nitrogens with one attached hydrogen (secondary N) is 1. The third-order valence-corrected chi connectivity index (χ3v) is 3.84. The largest absolute Gasteiger partial charge is 0.316 e. The van der Waals surface area contributed by atoms with Crippen LogP contribution in [-0.2, 0) is 0 Å². The van der Waals surface area contributed by atoms with Crippen molar-refractivity contribution < 1.29 is 8.78 Å². The average Bonchev–Trinajstić information content (AvgIpc) is 2.43. The van der Waals surface area contributed by atoms with Crippen LogP contribution < -0.4 is 5.32 Å². The molecule has 1 aromatic carbocycles. The molecule has 1 aliphatic rings. The molecular weight excluding hydrogens is 244 g/mol. The zero-order chi connectivity index (χ0) is 13.7. The minimum atomic E-state index is -0.482. The molecular formula is C16H21F2N. The predicted octanol–water partition coefficient (Wildman–Crippen LogP) is 4.15. The summed E-state index contributed by atoms with van der Waals surface area (Å²) in [6.45, 7) is 0.693. The Morgan fingerprint density at radius 3 is 2.42 bits per heavy atom. The maximum Gasteiger partial charge on any atom is 0.133 e. The molecule has 1 saturated carbocycles. The lowest BCUT2D eigenvalue weighted by Crippen LogP contribution is -2.19. The van der Waals surface area contributed by atoms with Gasteiger partial charge in [-0.05, 0) is 44.0 Å². The minimum Gasteiger partial charge on any atom is -0.316 e. The normalized spacial score (nSPS) is 17.7. The van der Waals surface area contributed by atoms with Crippen LogP contribution in [0.5, 0.6) is 0 Å². The van der Waals surface area contributed by atoms with Gasteiger partial charge in [0.15, 0.2) is 0 Å². The van der Waals surface area contributed by atoms with E-state index < -0.39 is 11.6 Å². The molecule has 0 saturated heterocycles. The monoisotopic (exact) mass is 265 g/mol. The van der Waals surface area contributed by atoms with E-state index in [1.54, 1.807) is 6.08 Å². The second kappa shape index (κ2) is 6.80. The number of likely N-dealkylation sites (N-methyl/N-ethyl adjacent to an activating group) is 1. The van der Waals surface area contributed by atoms with Gasteiger partial charge in [0.2, 0.25) is 0 Å². The van der Waals surface area contributed by atoms with Gasteiger partial charge >= 0.3 is 0 Å². The third kappa shape index (κ3) is 3.63. The molecule has 0 aromatic heterocycles. The standard InChI is InChI=1S/C16H21F2N/c1-19-11-13(12-6-3-2-4-7-12)10-14-15(17)8-5-9-16(14)18/h5,8-10,12,19H,2-4,6-7,11H2,1H3. The molecule has 0 unspecified atom stereocenters. The summed E-state index contributed by atoms with van der Waals surface area (Å²) in [5, 5.41) is 3.11. The van der Waals surface area contributed by atoms with E-state index in [4.69, 9.17) is 0 Å². The highest BCUT2D eigenvalue weighted by Crippen LogP contribution is 2.31. The quantitative estimate of drug-likeness (QED) is 0.862. The van der Waals surface area contributed by atoms with Gasteiger partial charge in [-0.1, -0.05) is 30.9 Å². The van der Waals surface area contributed by atoms with Crippen LogP contribution in [0.1, 0.15) is 37.7 Å². The molecule has 1 N–H and O–H groups in total.